The van der Waals surface area contributed by atoms with E-state index in [0.29, 0.717) is 39.4 Å². The molecule has 0 aliphatic carbocycles. The molecule has 0 fully saturated rings. The fourth-order valence-electron chi connectivity index (χ4n) is 4.04. The summed E-state index contributed by atoms with van der Waals surface area (Å²) in [5, 5.41) is 22.1. The lowest BCUT2D eigenvalue weighted by molar-refractivity contribution is -0.384. The Morgan fingerprint density at radius 2 is 1.97 bits per heavy atom. The predicted octanol–water partition coefficient (Wildman–Crippen LogP) is 4.80. The summed E-state index contributed by atoms with van der Waals surface area (Å²) in [5.41, 5.74) is 1.94. The topological polar surface area (TPSA) is 128 Å². The zero-order chi connectivity index (χ0) is 25.9. The molecule has 4 aromatic rings. The van der Waals surface area contributed by atoms with Crippen LogP contribution in [0.2, 0.25) is 0 Å². The number of rotatable bonds is 7. The number of anilines is 2. The fourth-order valence-corrected chi connectivity index (χ4v) is 4.86. The van der Waals surface area contributed by atoms with Crippen molar-refractivity contribution in [3.05, 3.63) is 112 Å². The van der Waals surface area contributed by atoms with Crippen LogP contribution in [0.5, 0.6) is 0 Å². The number of nitro groups is 1. The minimum absolute atomic E-state index is 0.0761. The molecule has 2 aromatic heterocycles. The average Bonchev–Trinajstić information content (AvgIpc) is 3.30. The third-order valence-corrected chi connectivity index (χ3v) is 6.70. The van der Waals surface area contributed by atoms with Crippen LogP contribution in [-0.2, 0) is 10.5 Å². The molecule has 186 valence electrons. The first-order chi connectivity index (χ1) is 17.9. The number of halogens is 1. The Labute approximate surface area is 214 Å². The number of nitrogens with one attached hydrogen (secondary N) is 2. The molecule has 2 aromatic carbocycles. The SMILES string of the molecule is C=C1Nc2nc(SCc3ccccc3F)nn2C(c2ccc([N+](=O)[O-])cc2)C1C(=O)Nc1cccnc1. The third kappa shape index (κ3) is 5.05. The highest BCUT2D eigenvalue weighted by molar-refractivity contribution is 7.98. The van der Waals surface area contributed by atoms with Crippen LogP contribution in [0.15, 0.2) is 90.5 Å². The van der Waals surface area contributed by atoms with Gasteiger partial charge < -0.3 is 10.6 Å². The van der Waals surface area contributed by atoms with E-state index in [9.17, 15) is 19.3 Å². The molecule has 0 bridgehead atoms. The van der Waals surface area contributed by atoms with Gasteiger partial charge in [0.05, 0.1) is 22.8 Å². The fraction of sp³-hybridized carbons (Fsp3) is 0.120. The van der Waals surface area contributed by atoms with Crippen molar-refractivity contribution in [1.82, 2.24) is 19.7 Å². The molecule has 10 nitrogen and oxygen atoms in total. The number of hydrogen-bond donors (Lipinski definition) is 2. The molecule has 2 atom stereocenters. The quantitative estimate of drug-likeness (QED) is 0.203. The minimum Gasteiger partial charge on any atom is -0.328 e. The van der Waals surface area contributed by atoms with E-state index in [2.05, 4.69) is 32.3 Å². The van der Waals surface area contributed by atoms with Gasteiger partial charge in [-0.3, -0.25) is 19.9 Å². The third-order valence-electron chi connectivity index (χ3n) is 5.81. The van der Waals surface area contributed by atoms with Crippen molar-refractivity contribution in [2.75, 3.05) is 10.6 Å². The summed E-state index contributed by atoms with van der Waals surface area (Å²) in [5.74, 6) is -0.850. The van der Waals surface area contributed by atoms with Gasteiger partial charge in [0.25, 0.3) is 5.69 Å². The van der Waals surface area contributed by atoms with Gasteiger partial charge in [0, 0.05) is 29.8 Å². The highest BCUT2D eigenvalue weighted by Gasteiger charge is 2.40. The summed E-state index contributed by atoms with van der Waals surface area (Å²) < 4.78 is 15.6. The number of benzene rings is 2. The molecule has 37 heavy (non-hydrogen) atoms. The van der Waals surface area contributed by atoms with Gasteiger partial charge >= 0.3 is 0 Å². The van der Waals surface area contributed by atoms with E-state index in [0.717, 1.165) is 0 Å². The number of nitro benzene ring substituents is 1. The van der Waals surface area contributed by atoms with E-state index in [4.69, 9.17) is 0 Å². The lowest BCUT2D eigenvalue weighted by Crippen LogP contribution is -2.39. The van der Waals surface area contributed by atoms with E-state index in [1.807, 2.05) is 0 Å². The molecule has 0 saturated carbocycles. The van der Waals surface area contributed by atoms with E-state index >= 15 is 0 Å². The maximum absolute atomic E-state index is 14.1. The summed E-state index contributed by atoms with van der Waals surface area (Å²) in [6.45, 7) is 4.06. The minimum atomic E-state index is -0.833. The molecular formula is C25H20FN7O3S. The molecule has 12 heteroatoms. The number of carbonyl (C=O) groups excluding carboxylic acids is 1. The molecule has 1 aliphatic rings. The van der Waals surface area contributed by atoms with Crippen LogP contribution in [0.1, 0.15) is 17.2 Å². The molecule has 0 saturated heterocycles. The molecule has 2 N–H and O–H groups in total. The first kappa shape index (κ1) is 24.1. The highest BCUT2D eigenvalue weighted by Crippen LogP contribution is 2.39. The van der Waals surface area contributed by atoms with Crippen molar-refractivity contribution < 1.29 is 14.1 Å². The smallest absolute Gasteiger partial charge is 0.269 e. The zero-order valence-electron chi connectivity index (χ0n) is 19.2. The Morgan fingerprint density at radius 1 is 1.19 bits per heavy atom. The molecule has 1 aliphatic heterocycles. The molecule has 0 radical (unpaired) electrons. The van der Waals surface area contributed by atoms with Gasteiger partial charge in [0.1, 0.15) is 11.7 Å². The van der Waals surface area contributed by atoms with Gasteiger partial charge in [-0.1, -0.05) is 48.7 Å². The number of carbonyl (C=O) groups is 1. The van der Waals surface area contributed by atoms with E-state index in [-0.39, 0.29) is 17.4 Å². The molecule has 1 amide bonds. The maximum atomic E-state index is 14.1. The van der Waals surface area contributed by atoms with E-state index in [1.165, 1.54) is 36.2 Å². The highest BCUT2D eigenvalue weighted by atomic mass is 32.2. The number of aromatic nitrogens is 4. The Balaban J connectivity index is 1.50. The summed E-state index contributed by atoms with van der Waals surface area (Å²) in [6.07, 6.45) is 3.12. The number of fused-ring (bicyclic) bond motifs is 1. The molecule has 2 unspecified atom stereocenters. The number of hydrogen-bond acceptors (Lipinski definition) is 8. The van der Waals surface area contributed by atoms with Crippen molar-refractivity contribution in [2.45, 2.75) is 17.0 Å². The summed E-state index contributed by atoms with van der Waals surface area (Å²) >= 11 is 1.25. The van der Waals surface area contributed by atoms with Crippen molar-refractivity contribution in [3.8, 4) is 0 Å². The Bertz CT molecular complexity index is 1480. The van der Waals surface area contributed by atoms with Gasteiger partial charge in [-0.15, -0.1) is 5.10 Å². The van der Waals surface area contributed by atoms with Crippen LogP contribution in [0, 0.1) is 21.8 Å². The van der Waals surface area contributed by atoms with Crippen LogP contribution in [0.4, 0.5) is 21.7 Å². The van der Waals surface area contributed by atoms with E-state index in [1.54, 1.807) is 53.3 Å². The van der Waals surface area contributed by atoms with Crippen molar-refractivity contribution in [2.24, 2.45) is 5.92 Å². The molecular weight excluding hydrogens is 497 g/mol. The largest absolute Gasteiger partial charge is 0.328 e. The van der Waals surface area contributed by atoms with Crippen LogP contribution < -0.4 is 10.6 Å². The summed E-state index contributed by atoms with van der Waals surface area (Å²) in [7, 11) is 0. The summed E-state index contributed by atoms with van der Waals surface area (Å²) in [4.78, 5) is 32.7. The average molecular weight is 518 g/mol. The Hall–Kier alpha value is -4.58. The number of pyridine rings is 1. The second kappa shape index (κ2) is 10.2. The van der Waals surface area contributed by atoms with Crippen LogP contribution in [-0.4, -0.2) is 30.6 Å². The van der Waals surface area contributed by atoms with Gasteiger partial charge in [-0.25, -0.2) is 9.07 Å². The zero-order valence-corrected chi connectivity index (χ0v) is 20.1. The van der Waals surface area contributed by atoms with Crippen molar-refractivity contribution in [1.29, 1.82) is 0 Å². The van der Waals surface area contributed by atoms with Gasteiger partial charge in [0.2, 0.25) is 17.0 Å². The van der Waals surface area contributed by atoms with Crippen molar-refractivity contribution >= 4 is 35.0 Å². The van der Waals surface area contributed by atoms with Gasteiger partial charge in [0.15, 0.2) is 0 Å². The molecule has 0 spiro atoms. The van der Waals surface area contributed by atoms with Gasteiger partial charge in [-0.05, 0) is 29.3 Å². The Morgan fingerprint density at radius 3 is 2.68 bits per heavy atom. The van der Waals surface area contributed by atoms with Crippen molar-refractivity contribution in [3.63, 3.8) is 0 Å². The second-order valence-electron chi connectivity index (χ2n) is 8.19. The standard InChI is InChI=1S/C25H20FN7O3S/c1-15-21(23(34)29-18-6-4-12-27-13-18)22(16-8-10-19(11-9-16)33(35)36)32-24(28-15)30-25(31-32)37-14-17-5-2-3-7-20(17)26/h2-13,21-22H,1,14H2,(H,29,34)(H,28,30,31). The number of nitrogens with zero attached hydrogens (tertiary/aromatic N) is 5. The number of thioether (sulfide) groups is 1. The first-order valence-corrected chi connectivity index (χ1v) is 12.1. The Kier molecular flexibility index (Phi) is 6.64. The first-order valence-electron chi connectivity index (χ1n) is 11.1. The van der Waals surface area contributed by atoms with Crippen LogP contribution in [0.3, 0.4) is 0 Å². The predicted molar refractivity (Wildman–Crippen MR) is 136 cm³/mol. The lowest BCUT2D eigenvalue weighted by Gasteiger charge is -2.33. The summed E-state index contributed by atoms with van der Waals surface area (Å²) in [6, 6.07) is 15.1. The van der Waals surface area contributed by atoms with Crippen LogP contribution in [0.25, 0.3) is 0 Å². The number of non-ortho nitro benzene ring substituents is 1. The second-order valence-corrected chi connectivity index (χ2v) is 9.14. The number of amides is 1. The van der Waals surface area contributed by atoms with E-state index < -0.39 is 16.9 Å². The molecule has 3 heterocycles. The normalized spacial score (nSPS) is 16.5. The molecule has 5 rings (SSSR count). The van der Waals surface area contributed by atoms with Gasteiger partial charge in [-0.2, -0.15) is 4.98 Å². The maximum Gasteiger partial charge on any atom is 0.269 e. The van der Waals surface area contributed by atoms with Crippen LogP contribution >= 0.6 is 11.8 Å². The lowest BCUT2D eigenvalue weighted by atomic mass is 9.88. The monoisotopic (exact) mass is 517 g/mol.